The molecule has 4 nitrogen and oxygen atoms in total. The molecule has 2 heterocycles. The summed E-state index contributed by atoms with van der Waals surface area (Å²) in [6.07, 6.45) is 5.64. The molecule has 2 fully saturated rings. The van der Waals surface area contributed by atoms with Gasteiger partial charge >= 0.3 is 5.97 Å². The van der Waals surface area contributed by atoms with Gasteiger partial charge < -0.3 is 9.64 Å². The molecule has 0 amide bonds. The molecule has 0 aromatic rings. The van der Waals surface area contributed by atoms with Crippen molar-refractivity contribution in [3.8, 4) is 0 Å². The fraction of sp³-hybridized carbons (Fsp3) is 0.692. The SMILES string of the molecule is CCOC(=O)/C=C/C(=O)C12CCCN(CC1)C2. The highest BCUT2D eigenvalue weighted by molar-refractivity contribution is 5.99. The minimum absolute atomic E-state index is 0.0905. The Morgan fingerprint density at radius 1 is 1.29 bits per heavy atom. The molecule has 17 heavy (non-hydrogen) atoms. The molecule has 2 saturated heterocycles. The number of ketones is 1. The Bertz CT molecular complexity index is 347. The lowest BCUT2D eigenvalue weighted by molar-refractivity contribution is -0.137. The standard InChI is InChI=1S/C13H19NO3/c1-2-17-12(16)5-4-11(15)13-6-3-8-14(10-13)9-7-13/h4-5H,2-3,6-10H2,1H3/b5-4+. The van der Waals surface area contributed by atoms with Gasteiger partial charge in [-0.25, -0.2) is 4.79 Å². The lowest BCUT2D eigenvalue weighted by atomic mass is 9.77. The summed E-state index contributed by atoms with van der Waals surface area (Å²) in [6.45, 7) is 5.08. The molecule has 0 aromatic carbocycles. The summed E-state index contributed by atoms with van der Waals surface area (Å²) in [7, 11) is 0. The van der Waals surface area contributed by atoms with Crippen molar-refractivity contribution in [3.63, 3.8) is 0 Å². The van der Waals surface area contributed by atoms with E-state index in [1.807, 2.05) is 0 Å². The van der Waals surface area contributed by atoms with Gasteiger partial charge in [0.05, 0.1) is 6.61 Å². The minimum atomic E-state index is -0.428. The molecule has 2 aliphatic heterocycles. The average Bonchev–Trinajstić information content (AvgIpc) is 2.63. The van der Waals surface area contributed by atoms with Crippen LogP contribution in [0.3, 0.4) is 0 Å². The van der Waals surface area contributed by atoms with Gasteiger partial charge in [0, 0.05) is 18.0 Å². The van der Waals surface area contributed by atoms with E-state index in [0.717, 1.165) is 38.9 Å². The molecule has 2 bridgehead atoms. The number of allylic oxidation sites excluding steroid dienone is 1. The number of carbonyl (C=O) groups excluding carboxylic acids is 2. The van der Waals surface area contributed by atoms with Crippen LogP contribution in [-0.4, -0.2) is 42.9 Å². The second kappa shape index (κ2) is 5.00. The fourth-order valence-electron chi connectivity index (χ4n) is 2.83. The average molecular weight is 237 g/mol. The number of carbonyl (C=O) groups is 2. The molecule has 0 radical (unpaired) electrons. The molecule has 2 rings (SSSR count). The zero-order valence-electron chi connectivity index (χ0n) is 10.3. The molecule has 0 aromatic heterocycles. The number of piperidine rings is 1. The van der Waals surface area contributed by atoms with Crippen LogP contribution in [0.4, 0.5) is 0 Å². The van der Waals surface area contributed by atoms with Gasteiger partial charge in [0.2, 0.25) is 0 Å². The molecule has 2 unspecified atom stereocenters. The second-order valence-corrected chi connectivity index (χ2v) is 4.86. The number of esters is 1. The zero-order valence-corrected chi connectivity index (χ0v) is 10.3. The molecule has 4 heteroatoms. The van der Waals surface area contributed by atoms with Crippen LogP contribution in [0.5, 0.6) is 0 Å². The molecule has 0 saturated carbocycles. The Balaban J connectivity index is 1.98. The summed E-state index contributed by atoms with van der Waals surface area (Å²) < 4.78 is 4.77. The van der Waals surface area contributed by atoms with Crippen LogP contribution in [0, 0.1) is 5.41 Å². The highest BCUT2D eigenvalue weighted by atomic mass is 16.5. The van der Waals surface area contributed by atoms with Crippen molar-refractivity contribution in [2.45, 2.75) is 26.2 Å². The van der Waals surface area contributed by atoms with E-state index in [-0.39, 0.29) is 11.2 Å². The number of hydrogen-bond acceptors (Lipinski definition) is 4. The maximum atomic E-state index is 12.2. The first-order valence-corrected chi connectivity index (χ1v) is 6.28. The number of ether oxygens (including phenoxy) is 1. The highest BCUT2D eigenvalue weighted by Gasteiger charge is 2.45. The Labute approximate surface area is 102 Å². The van der Waals surface area contributed by atoms with Gasteiger partial charge in [-0.15, -0.1) is 0 Å². The van der Waals surface area contributed by atoms with Gasteiger partial charge in [-0.1, -0.05) is 0 Å². The van der Waals surface area contributed by atoms with E-state index in [2.05, 4.69) is 4.90 Å². The third kappa shape index (κ3) is 2.57. The van der Waals surface area contributed by atoms with E-state index in [1.165, 1.54) is 12.2 Å². The van der Waals surface area contributed by atoms with E-state index >= 15 is 0 Å². The Morgan fingerprint density at radius 3 is 2.88 bits per heavy atom. The van der Waals surface area contributed by atoms with Crippen molar-refractivity contribution in [2.75, 3.05) is 26.2 Å². The van der Waals surface area contributed by atoms with E-state index in [4.69, 9.17) is 4.74 Å². The lowest BCUT2D eigenvalue weighted by Crippen LogP contribution is -2.38. The first kappa shape index (κ1) is 12.3. The van der Waals surface area contributed by atoms with Gasteiger partial charge in [0.15, 0.2) is 5.78 Å². The summed E-state index contributed by atoms with van der Waals surface area (Å²) in [6, 6.07) is 0. The van der Waals surface area contributed by atoms with Gasteiger partial charge in [-0.05, 0) is 45.4 Å². The number of nitrogens with zero attached hydrogens (tertiary/aromatic N) is 1. The van der Waals surface area contributed by atoms with E-state index in [0.29, 0.717) is 6.61 Å². The van der Waals surface area contributed by atoms with E-state index in [1.54, 1.807) is 6.92 Å². The molecule has 2 aliphatic rings. The summed E-state index contributed by atoms with van der Waals surface area (Å²) in [5, 5.41) is 0. The summed E-state index contributed by atoms with van der Waals surface area (Å²) in [4.78, 5) is 25.7. The van der Waals surface area contributed by atoms with Crippen molar-refractivity contribution in [1.29, 1.82) is 0 Å². The molecule has 0 N–H and O–H groups in total. The molecule has 94 valence electrons. The Morgan fingerprint density at radius 2 is 2.12 bits per heavy atom. The molecule has 2 atom stereocenters. The predicted octanol–water partition coefficient (Wildman–Crippen LogP) is 1.16. The van der Waals surface area contributed by atoms with Crippen LogP contribution in [0.2, 0.25) is 0 Å². The number of rotatable bonds is 4. The van der Waals surface area contributed by atoms with Crippen LogP contribution in [0.15, 0.2) is 12.2 Å². The minimum Gasteiger partial charge on any atom is -0.463 e. The maximum absolute atomic E-state index is 12.2. The van der Waals surface area contributed by atoms with Gasteiger partial charge in [-0.2, -0.15) is 0 Å². The van der Waals surface area contributed by atoms with Crippen LogP contribution in [0.1, 0.15) is 26.2 Å². The van der Waals surface area contributed by atoms with E-state index < -0.39 is 5.97 Å². The zero-order chi connectivity index (χ0) is 12.3. The Kier molecular flexibility index (Phi) is 3.62. The summed E-state index contributed by atoms with van der Waals surface area (Å²) in [5.41, 5.74) is -0.221. The summed E-state index contributed by atoms with van der Waals surface area (Å²) in [5.74, 6) is -0.337. The predicted molar refractivity (Wildman–Crippen MR) is 63.5 cm³/mol. The third-order valence-electron chi connectivity index (χ3n) is 3.74. The van der Waals surface area contributed by atoms with Crippen molar-refractivity contribution in [3.05, 3.63) is 12.2 Å². The third-order valence-corrected chi connectivity index (χ3v) is 3.74. The van der Waals surface area contributed by atoms with Crippen molar-refractivity contribution >= 4 is 11.8 Å². The fourth-order valence-corrected chi connectivity index (χ4v) is 2.83. The van der Waals surface area contributed by atoms with Gasteiger partial charge in [0.1, 0.15) is 0 Å². The topological polar surface area (TPSA) is 46.6 Å². The first-order valence-electron chi connectivity index (χ1n) is 6.28. The summed E-state index contributed by atoms with van der Waals surface area (Å²) >= 11 is 0. The second-order valence-electron chi connectivity index (χ2n) is 4.86. The number of hydrogen-bond donors (Lipinski definition) is 0. The quantitative estimate of drug-likeness (QED) is 0.544. The monoisotopic (exact) mass is 237 g/mol. The van der Waals surface area contributed by atoms with Crippen LogP contribution >= 0.6 is 0 Å². The highest BCUT2D eigenvalue weighted by Crippen LogP contribution is 2.40. The van der Waals surface area contributed by atoms with Crippen molar-refractivity contribution in [1.82, 2.24) is 4.90 Å². The smallest absolute Gasteiger partial charge is 0.330 e. The van der Waals surface area contributed by atoms with Crippen LogP contribution in [-0.2, 0) is 14.3 Å². The molecular weight excluding hydrogens is 218 g/mol. The lowest BCUT2D eigenvalue weighted by Gasteiger charge is -2.31. The number of fused-ring (bicyclic) bond motifs is 2. The van der Waals surface area contributed by atoms with Crippen molar-refractivity contribution < 1.29 is 14.3 Å². The van der Waals surface area contributed by atoms with Crippen molar-refractivity contribution in [2.24, 2.45) is 5.41 Å². The molecule has 0 aliphatic carbocycles. The normalized spacial score (nSPS) is 31.7. The first-order chi connectivity index (χ1) is 8.16. The Hall–Kier alpha value is -1.16. The molecule has 0 spiro atoms. The maximum Gasteiger partial charge on any atom is 0.330 e. The van der Waals surface area contributed by atoms with Gasteiger partial charge in [-0.3, -0.25) is 4.79 Å². The largest absolute Gasteiger partial charge is 0.463 e. The molecular formula is C13H19NO3. The van der Waals surface area contributed by atoms with Crippen LogP contribution in [0.25, 0.3) is 0 Å². The van der Waals surface area contributed by atoms with Gasteiger partial charge in [0.25, 0.3) is 0 Å². The van der Waals surface area contributed by atoms with Crippen LogP contribution < -0.4 is 0 Å². The van der Waals surface area contributed by atoms with E-state index in [9.17, 15) is 9.59 Å².